The van der Waals surface area contributed by atoms with E-state index in [1.807, 2.05) is 38.1 Å². The fourth-order valence-corrected chi connectivity index (χ4v) is 3.10. The van der Waals surface area contributed by atoms with Crippen molar-refractivity contribution in [2.75, 3.05) is 31.6 Å². The molecule has 1 aliphatic heterocycles. The molecule has 0 radical (unpaired) electrons. The molecular formula is C19H26N4O4. The van der Waals surface area contributed by atoms with Gasteiger partial charge in [-0.25, -0.2) is 4.79 Å². The summed E-state index contributed by atoms with van der Waals surface area (Å²) in [5.41, 5.74) is 0.671. The minimum Gasteiger partial charge on any atom is -0.492 e. The molecule has 1 fully saturated rings. The summed E-state index contributed by atoms with van der Waals surface area (Å²) in [6.45, 7) is 6.53. The van der Waals surface area contributed by atoms with E-state index in [1.54, 1.807) is 4.90 Å². The quantitative estimate of drug-likeness (QED) is 0.799. The molecule has 1 unspecified atom stereocenters. The minimum atomic E-state index is -0.148. The Morgan fingerprint density at radius 1 is 1.33 bits per heavy atom. The van der Waals surface area contributed by atoms with Gasteiger partial charge < -0.3 is 24.2 Å². The van der Waals surface area contributed by atoms with Crippen molar-refractivity contribution in [1.29, 1.82) is 0 Å². The number of para-hydroxylation sites is 2. The standard InChI is InChI=1S/C19H26N4O4/c1-3-25-13-17-21-18(22-27-17)14-8-7-11-23(12-14)19(24)20-15-9-5-6-10-16(15)26-4-2/h5-6,9-10,14H,3-4,7-8,11-13H2,1-2H3,(H,20,24). The molecule has 1 saturated heterocycles. The number of nitrogens with one attached hydrogen (secondary N) is 1. The number of benzene rings is 1. The number of carbonyl (C=O) groups excluding carboxylic acids is 1. The van der Waals surface area contributed by atoms with E-state index in [1.165, 1.54) is 0 Å². The topological polar surface area (TPSA) is 89.7 Å². The average Bonchev–Trinajstić information content (AvgIpc) is 3.17. The highest BCUT2D eigenvalue weighted by Gasteiger charge is 2.28. The SMILES string of the molecule is CCOCc1nc(C2CCCN(C(=O)Nc3ccccc3OCC)C2)no1. The summed E-state index contributed by atoms with van der Waals surface area (Å²) in [5, 5.41) is 7.01. The fourth-order valence-electron chi connectivity index (χ4n) is 3.10. The van der Waals surface area contributed by atoms with E-state index < -0.39 is 0 Å². The number of likely N-dealkylation sites (tertiary alicyclic amines) is 1. The summed E-state index contributed by atoms with van der Waals surface area (Å²) in [6, 6.07) is 7.29. The van der Waals surface area contributed by atoms with Crippen molar-refractivity contribution in [3.63, 3.8) is 0 Å². The Labute approximate surface area is 158 Å². The molecule has 1 atom stereocenters. The average molecular weight is 374 g/mol. The molecule has 2 amide bonds. The van der Waals surface area contributed by atoms with Crippen molar-refractivity contribution in [2.24, 2.45) is 0 Å². The van der Waals surface area contributed by atoms with Crippen LogP contribution in [0.2, 0.25) is 0 Å². The molecule has 8 nitrogen and oxygen atoms in total. The van der Waals surface area contributed by atoms with Crippen molar-refractivity contribution >= 4 is 11.7 Å². The number of aromatic nitrogens is 2. The molecule has 3 rings (SSSR count). The van der Waals surface area contributed by atoms with E-state index in [4.69, 9.17) is 14.0 Å². The Morgan fingerprint density at radius 2 is 2.19 bits per heavy atom. The lowest BCUT2D eigenvalue weighted by molar-refractivity contribution is 0.109. The number of hydrogen-bond donors (Lipinski definition) is 1. The van der Waals surface area contributed by atoms with Crippen LogP contribution in [0.3, 0.4) is 0 Å². The van der Waals surface area contributed by atoms with Gasteiger partial charge in [-0.3, -0.25) is 0 Å². The Hall–Kier alpha value is -2.61. The van der Waals surface area contributed by atoms with Crippen molar-refractivity contribution in [2.45, 2.75) is 39.2 Å². The lowest BCUT2D eigenvalue weighted by Crippen LogP contribution is -2.41. The molecule has 1 aromatic carbocycles. The fraction of sp³-hybridized carbons (Fsp3) is 0.526. The number of ether oxygens (including phenoxy) is 2. The third-order valence-electron chi connectivity index (χ3n) is 4.42. The molecule has 0 saturated carbocycles. The van der Waals surface area contributed by atoms with Crippen molar-refractivity contribution in [3.05, 3.63) is 36.0 Å². The Morgan fingerprint density at radius 3 is 3.00 bits per heavy atom. The van der Waals surface area contributed by atoms with Gasteiger partial charge in [0.15, 0.2) is 5.82 Å². The first-order chi connectivity index (χ1) is 13.2. The minimum absolute atomic E-state index is 0.0609. The van der Waals surface area contributed by atoms with Crippen LogP contribution in [-0.2, 0) is 11.3 Å². The number of nitrogens with zero attached hydrogens (tertiary/aromatic N) is 3. The monoisotopic (exact) mass is 374 g/mol. The van der Waals surface area contributed by atoms with Crippen LogP contribution >= 0.6 is 0 Å². The zero-order chi connectivity index (χ0) is 19.1. The molecule has 1 N–H and O–H groups in total. The maximum absolute atomic E-state index is 12.7. The summed E-state index contributed by atoms with van der Waals surface area (Å²) in [5.74, 6) is 1.84. The number of piperidine rings is 1. The molecule has 2 heterocycles. The van der Waals surface area contributed by atoms with Gasteiger partial charge in [-0.1, -0.05) is 17.3 Å². The predicted molar refractivity (Wildman–Crippen MR) is 99.8 cm³/mol. The molecular weight excluding hydrogens is 348 g/mol. The smallest absolute Gasteiger partial charge is 0.321 e. The zero-order valence-corrected chi connectivity index (χ0v) is 15.8. The van der Waals surface area contributed by atoms with Crippen LogP contribution in [0, 0.1) is 0 Å². The highest BCUT2D eigenvalue weighted by atomic mass is 16.5. The van der Waals surface area contributed by atoms with Crippen molar-refractivity contribution in [1.82, 2.24) is 15.0 Å². The van der Waals surface area contributed by atoms with Crippen LogP contribution in [-0.4, -0.2) is 47.4 Å². The lowest BCUT2D eigenvalue weighted by Gasteiger charge is -2.31. The third-order valence-corrected chi connectivity index (χ3v) is 4.42. The largest absolute Gasteiger partial charge is 0.492 e. The first-order valence-corrected chi connectivity index (χ1v) is 9.39. The van der Waals surface area contributed by atoms with Gasteiger partial charge in [0.05, 0.1) is 12.3 Å². The van der Waals surface area contributed by atoms with E-state index in [-0.39, 0.29) is 11.9 Å². The molecule has 2 aromatic rings. The first kappa shape index (κ1) is 19.2. The van der Waals surface area contributed by atoms with E-state index >= 15 is 0 Å². The normalized spacial score (nSPS) is 17.0. The summed E-state index contributed by atoms with van der Waals surface area (Å²) in [7, 11) is 0. The van der Waals surface area contributed by atoms with Gasteiger partial charge >= 0.3 is 6.03 Å². The first-order valence-electron chi connectivity index (χ1n) is 9.39. The second-order valence-corrected chi connectivity index (χ2v) is 6.33. The maximum atomic E-state index is 12.7. The van der Waals surface area contributed by atoms with Crippen LogP contribution in [0.25, 0.3) is 0 Å². The summed E-state index contributed by atoms with van der Waals surface area (Å²) >= 11 is 0. The van der Waals surface area contributed by atoms with Gasteiger partial charge in [0.25, 0.3) is 5.89 Å². The van der Waals surface area contributed by atoms with Gasteiger partial charge in [0, 0.05) is 25.6 Å². The number of carbonyl (C=O) groups is 1. The second-order valence-electron chi connectivity index (χ2n) is 6.33. The summed E-state index contributed by atoms with van der Waals surface area (Å²) < 4.78 is 16.1. The third kappa shape index (κ3) is 4.97. The lowest BCUT2D eigenvalue weighted by atomic mass is 9.98. The van der Waals surface area contributed by atoms with Crippen molar-refractivity contribution in [3.8, 4) is 5.75 Å². The maximum Gasteiger partial charge on any atom is 0.321 e. The van der Waals surface area contributed by atoms with Crippen LogP contribution in [0.15, 0.2) is 28.8 Å². The van der Waals surface area contributed by atoms with Gasteiger partial charge in [0.1, 0.15) is 12.4 Å². The highest BCUT2D eigenvalue weighted by Crippen LogP contribution is 2.27. The van der Waals surface area contributed by atoms with Gasteiger partial charge in [0.2, 0.25) is 0 Å². The second kappa shape index (κ2) is 9.36. The van der Waals surface area contributed by atoms with Gasteiger partial charge in [-0.2, -0.15) is 4.98 Å². The molecule has 146 valence electrons. The van der Waals surface area contributed by atoms with Crippen LogP contribution in [0.4, 0.5) is 10.5 Å². The van der Waals surface area contributed by atoms with Crippen LogP contribution < -0.4 is 10.1 Å². The molecule has 1 aliphatic rings. The molecule has 0 bridgehead atoms. The van der Waals surface area contributed by atoms with Gasteiger partial charge in [-0.15, -0.1) is 0 Å². The molecule has 8 heteroatoms. The van der Waals surface area contributed by atoms with Crippen LogP contribution in [0.1, 0.15) is 44.3 Å². The van der Waals surface area contributed by atoms with Crippen molar-refractivity contribution < 1.29 is 18.8 Å². The Bertz CT molecular complexity index is 749. The summed E-state index contributed by atoms with van der Waals surface area (Å²) in [4.78, 5) is 18.9. The number of rotatable bonds is 7. The van der Waals surface area contributed by atoms with Gasteiger partial charge in [-0.05, 0) is 38.8 Å². The molecule has 27 heavy (non-hydrogen) atoms. The van der Waals surface area contributed by atoms with E-state index in [0.717, 1.165) is 12.8 Å². The number of amides is 2. The Kier molecular flexibility index (Phi) is 6.64. The number of hydrogen-bond acceptors (Lipinski definition) is 6. The highest BCUT2D eigenvalue weighted by molar-refractivity contribution is 5.91. The van der Waals surface area contributed by atoms with E-state index in [9.17, 15) is 4.79 Å². The zero-order valence-electron chi connectivity index (χ0n) is 15.8. The molecule has 0 spiro atoms. The Balaban J connectivity index is 1.62. The molecule has 1 aromatic heterocycles. The van der Waals surface area contributed by atoms with E-state index in [0.29, 0.717) is 56.1 Å². The number of urea groups is 1. The molecule has 0 aliphatic carbocycles. The number of anilines is 1. The predicted octanol–water partition coefficient (Wildman–Crippen LogP) is 3.42. The van der Waals surface area contributed by atoms with Crippen LogP contribution in [0.5, 0.6) is 5.75 Å². The van der Waals surface area contributed by atoms with E-state index in [2.05, 4.69) is 15.5 Å². The summed E-state index contributed by atoms with van der Waals surface area (Å²) in [6.07, 6.45) is 1.81.